The summed E-state index contributed by atoms with van der Waals surface area (Å²) in [6.45, 7) is 1.38. The fourth-order valence-electron chi connectivity index (χ4n) is 4.23. The molecule has 0 radical (unpaired) electrons. The highest BCUT2D eigenvalue weighted by atomic mass is 19.3. The highest BCUT2D eigenvalue weighted by molar-refractivity contribution is 6.02. The molecule has 1 aromatic heterocycles. The Morgan fingerprint density at radius 1 is 1.35 bits per heavy atom. The van der Waals surface area contributed by atoms with Crippen molar-refractivity contribution in [2.45, 2.75) is 37.3 Å². The summed E-state index contributed by atoms with van der Waals surface area (Å²) in [5.41, 5.74) is 3.98. The van der Waals surface area contributed by atoms with Gasteiger partial charge in [0.15, 0.2) is 5.69 Å². The van der Waals surface area contributed by atoms with Gasteiger partial charge in [-0.15, -0.1) is 0 Å². The van der Waals surface area contributed by atoms with E-state index in [0.29, 0.717) is 0 Å². The number of nitrogens with two attached hydrogens (primary N) is 1. The Hall–Kier alpha value is -3.68. The van der Waals surface area contributed by atoms with Crippen LogP contribution >= 0.6 is 0 Å². The molecule has 4 rings (SSSR count). The molecule has 2 aliphatic rings. The lowest BCUT2D eigenvalue weighted by Gasteiger charge is -2.41. The van der Waals surface area contributed by atoms with Gasteiger partial charge in [-0.3, -0.25) is 4.79 Å². The van der Waals surface area contributed by atoms with Crippen LogP contribution in [0, 0.1) is 23.1 Å². The smallest absolute Gasteiger partial charge is 0.283 e. The Morgan fingerprint density at radius 3 is 2.81 bits per heavy atom. The normalized spacial score (nSPS) is 26.2. The van der Waals surface area contributed by atoms with Gasteiger partial charge in [0.25, 0.3) is 17.9 Å². The molecular weight excluding hydrogens is 413 g/mol. The van der Waals surface area contributed by atoms with Crippen molar-refractivity contribution in [2.24, 2.45) is 16.6 Å². The Bertz CT molecular complexity index is 1110. The van der Waals surface area contributed by atoms with Crippen LogP contribution in [0.3, 0.4) is 0 Å². The number of carbonyl (C=O) groups excluding carboxylic acids is 1. The monoisotopic (exact) mass is 430 g/mol. The number of amidine groups is 1. The van der Waals surface area contributed by atoms with Crippen LogP contribution in [0.15, 0.2) is 35.6 Å². The summed E-state index contributed by atoms with van der Waals surface area (Å²) in [5.74, 6) is -5.98. The number of hydrogen-bond acceptors (Lipinski definition) is 7. The predicted octanol–water partition coefficient (Wildman–Crippen LogP) is 2.71. The number of nitrogens with zero attached hydrogens (tertiary/aromatic N) is 4. The van der Waals surface area contributed by atoms with Crippen LogP contribution in [0.4, 0.5) is 18.9 Å². The molecule has 0 saturated heterocycles. The lowest BCUT2D eigenvalue weighted by molar-refractivity contribution is -0.0961. The maximum absolute atomic E-state index is 14.8. The fraction of sp³-hybridized carbons (Fsp3) is 0.350. The lowest BCUT2D eigenvalue weighted by Crippen LogP contribution is -2.51. The third kappa shape index (κ3) is 3.54. The van der Waals surface area contributed by atoms with Crippen LogP contribution in [-0.2, 0) is 10.3 Å². The Balaban J connectivity index is 1.69. The number of amides is 1. The second-order valence-electron chi connectivity index (χ2n) is 7.58. The van der Waals surface area contributed by atoms with Gasteiger partial charge in [-0.1, -0.05) is 0 Å². The van der Waals surface area contributed by atoms with Gasteiger partial charge in [0, 0.05) is 17.7 Å². The molecule has 1 amide bonds. The third-order valence-electron chi connectivity index (χ3n) is 5.58. The standard InChI is InChI=1S/C20H17F3N6O2/c1-19(16-15(31-18(25)29-19)4-5-20(16,22)23)12-6-10(2-3-13(12)21)28-17(30)14-9-26-11(7-24)8-27-14/h2-3,6,8-9,15-16H,4-5H2,1H3,(H2,25,29)(H,28,30)/t15-,16+,19-/m1/s1. The van der Waals surface area contributed by atoms with Crippen molar-refractivity contribution in [3.63, 3.8) is 0 Å². The summed E-state index contributed by atoms with van der Waals surface area (Å²) >= 11 is 0. The molecule has 1 aromatic carbocycles. The number of aromatic nitrogens is 2. The maximum Gasteiger partial charge on any atom is 0.283 e. The van der Waals surface area contributed by atoms with E-state index in [-0.39, 0.29) is 35.1 Å². The van der Waals surface area contributed by atoms with Crippen molar-refractivity contribution >= 4 is 17.6 Å². The van der Waals surface area contributed by atoms with E-state index >= 15 is 0 Å². The molecular formula is C20H17F3N6O2. The first-order chi connectivity index (χ1) is 14.6. The first-order valence-corrected chi connectivity index (χ1v) is 9.37. The summed E-state index contributed by atoms with van der Waals surface area (Å²) in [6, 6.07) is 5.09. The van der Waals surface area contributed by atoms with Gasteiger partial charge in [-0.05, 0) is 31.5 Å². The molecule has 1 aliphatic carbocycles. The van der Waals surface area contributed by atoms with E-state index < -0.39 is 41.6 Å². The molecule has 2 heterocycles. The van der Waals surface area contributed by atoms with Crippen LogP contribution in [0.1, 0.15) is 41.5 Å². The van der Waals surface area contributed by atoms with Crippen molar-refractivity contribution < 1.29 is 22.7 Å². The van der Waals surface area contributed by atoms with Crippen LogP contribution < -0.4 is 11.1 Å². The molecule has 0 spiro atoms. The number of anilines is 1. The Kier molecular flexibility index (Phi) is 4.80. The van der Waals surface area contributed by atoms with Gasteiger partial charge in [0.1, 0.15) is 29.2 Å². The van der Waals surface area contributed by atoms with Crippen molar-refractivity contribution in [2.75, 3.05) is 5.32 Å². The van der Waals surface area contributed by atoms with E-state index in [2.05, 4.69) is 20.3 Å². The highest BCUT2D eigenvalue weighted by Crippen LogP contribution is 2.54. The van der Waals surface area contributed by atoms with Gasteiger partial charge in [0.2, 0.25) is 0 Å². The van der Waals surface area contributed by atoms with E-state index in [1.807, 2.05) is 0 Å². The number of aliphatic imine (C=N–C) groups is 1. The number of fused-ring (bicyclic) bond motifs is 1. The number of nitriles is 1. The number of alkyl halides is 2. The van der Waals surface area contributed by atoms with Crippen molar-refractivity contribution in [1.29, 1.82) is 5.26 Å². The molecule has 0 bridgehead atoms. The number of carbonyl (C=O) groups is 1. The number of ether oxygens (including phenoxy) is 1. The molecule has 31 heavy (non-hydrogen) atoms. The third-order valence-corrected chi connectivity index (χ3v) is 5.58. The van der Waals surface area contributed by atoms with Crippen molar-refractivity contribution in [3.8, 4) is 6.07 Å². The lowest BCUT2D eigenvalue weighted by atomic mass is 9.75. The van der Waals surface area contributed by atoms with Crippen LogP contribution in [0.25, 0.3) is 0 Å². The summed E-state index contributed by atoms with van der Waals surface area (Å²) < 4.78 is 49.5. The number of nitrogens with one attached hydrogen (secondary N) is 1. The molecule has 160 valence electrons. The van der Waals surface area contributed by atoms with Crippen LogP contribution in [0.2, 0.25) is 0 Å². The topological polar surface area (TPSA) is 126 Å². The second-order valence-corrected chi connectivity index (χ2v) is 7.58. The van der Waals surface area contributed by atoms with Crippen molar-refractivity contribution in [1.82, 2.24) is 9.97 Å². The largest absolute Gasteiger partial charge is 0.461 e. The number of benzene rings is 1. The van der Waals surface area contributed by atoms with Crippen molar-refractivity contribution in [3.05, 3.63) is 53.4 Å². The van der Waals surface area contributed by atoms with E-state index in [1.54, 1.807) is 6.07 Å². The van der Waals surface area contributed by atoms with E-state index in [4.69, 9.17) is 15.7 Å². The Morgan fingerprint density at radius 2 is 2.13 bits per heavy atom. The zero-order valence-corrected chi connectivity index (χ0v) is 16.3. The van der Waals surface area contributed by atoms with Crippen LogP contribution in [-0.4, -0.2) is 33.9 Å². The highest BCUT2D eigenvalue weighted by Gasteiger charge is 2.62. The first-order valence-electron chi connectivity index (χ1n) is 9.37. The summed E-state index contributed by atoms with van der Waals surface area (Å²) in [4.78, 5) is 24.1. The molecule has 8 nitrogen and oxygen atoms in total. The second kappa shape index (κ2) is 7.23. The molecule has 11 heteroatoms. The SMILES string of the molecule is C[C@]1(c2cc(NC(=O)c3cnc(C#N)cn3)ccc2F)N=C(N)O[C@@H]2CCC(F)(F)[C@@H]21. The average molecular weight is 430 g/mol. The Labute approximate surface area is 175 Å². The van der Waals surface area contributed by atoms with Crippen LogP contribution in [0.5, 0.6) is 0 Å². The summed E-state index contributed by atoms with van der Waals surface area (Å²) in [7, 11) is 0. The fourth-order valence-corrected chi connectivity index (χ4v) is 4.23. The molecule has 3 atom stereocenters. The van der Waals surface area contributed by atoms with E-state index in [1.165, 1.54) is 19.1 Å². The minimum absolute atomic E-state index is 0.0376. The number of halogens is 3. The van der Waals surface area contributed by atoms with Gasteiger partial charge in [0.05, 0.1) is 18.3 Å². The molecule has 1 aliphatic heterocycles. The molecule has 0 unspecified atom stereocenters. The molecule has 1 fully saturated rings. The van der Waals surface area contributed by atoms with Gasteiger partial charge in [-0.25, -0.2) is 28.1 Å². The number of rotatable bonds is 3. The van der Waals surface area contributed by atoms with Gasteiger partial charge in [-0.2, -0.15) is 5.26 Å². The maximum atomic E-state index is 14.8. The first kappa shape index (κ1) is 20.6. The average Bonchev–Trinajstić information content (AvgIpc) is 3.04. The summed E-state index contributed by atoms with van der Waals surface area (Å²) in [5, 5.41) is 11.3. The summed E-state index contributed by atoms with van der Waals surface area (Å²) in [6.07, 6.45) is 0.999. The predicted molar refractivity (Wildman–Crippen MR) is 103 cm³/mol. The van der Waals surface area contributed by atoms with E-state index in [0.717, 1.165) is 18.5 Å². The van der Waals surface area contributed by atoms with E-state index in [9.17, 15) is 18.0 Å². The van der Waals surface area contributed by atoms with Gasteiger partial charge >= 0.3 is 0 Å². The zero-order chi connectivity index (χ0) is 22.4. The number of hydrogen-bond donors (Lipinski definition) is 2. The zero-order valence-electron chi connectivity index (χ0n) is 16.3. The molecule has 2 aromatic rings. The molecule has 3 N–H and O–H groups in total. The minimum atomic E-state index is -3.13. The minimum Gasteiger partial charge on any atom is -0.461 e. The quantitative estimate of drug-likeness (QED) is 0.771. The molecule has 1 saturated carbocycles. The van der Waals surface area contributed by atoms with Gasteiger partial charge < -0.3 is 15.8 Å².